The molecule has 34 heavy (non-hydrogen) atoms. The van der Waals surface area contributed by atoms with Gasteiger partial charge in [0, 0.05) is 38.0 Å². The molecular weight excluding hydrogens is 437 g/mol. The number of hydrogen-bond donors (Lipinski definition) is 2. The topological polar surface area (TPSA) is 100 Å². The van der Waals surface area contributed by atoms with Gasteiger partial charge in [-0.05, 0) is 60.6 Å². The second-order valence-corrected chi connectivity index (χ2v) is 9.12. The molecule has 2 heterocycles. The van der Waals surface area contributed by atoms with Crippen LogP contribution in [0.5, 0.6) is 0 Å². The lowest BCUT2D eigenvalue weighted by Gasteiger charge is -2.16. The zero-order valence-corrected chi connectivity index (χ0v) is 18.9. The van der Waals surface area contributed by atoms with Gasteiger partial charge in [-0.1, -0.05) is 18.2 Å². The summed E-state index contributed by atoms with van der Waals surface area (Å²) in [6, 6.07) is 11.8. The number of H-pyrrole nitrogens is 1. The maximum atomic E-state index is 15.2. The number of carbonyl (C=O) groups is 2. The molecule has 2 aromatic carbocycles. The fourth-order valence-corrected chi connectivity index (χ4v) is 4.58. The quantitative estimate of drug-likeness (QED) is 0.587. The molecule has 5 rings (SSSR count). The number of nitrogens with one attached hydrogen (secondary N) is 2. The highest BCUT2D eigenvalue weighted by atomic mass is 19.1. The molecule has 2 fully saturated rings. The van der Waals surface area contributed by atoms with E-state index >= 15 is 4.39 Å². The summed E-state index contributed by atoms with van der Waals surface area (Å²) in [6.45, 7) is 2.80. The van der Waals surface area contributed by atoms with Crippen molar-refractivity contribution in [2.45, 2.75) is 32.6 Å². The molecular formula is C25H26FN5O3. The summed E-state index contributed by atoms with van der Waals surface area (Å²) in [4.78, 5) is 37.9. The van der Waals surface area contributed by atoms with Crippen molar-refractivity contribution in [3.8, 4) is 16.8 Å². The molecule has 0 unspecified atom stereocenters. The largest absolute Gasteiger partial charge is 0.348 e. The van der Waals surface area contributed by atoms with Gasteiger partial charge in [0.1, 0.15) is 11.6 Å². The lowest BCUT2D eigenvalue weighted by atomic mass is 10.0. The predicted octanol–water partition coefficient (Wildman–Crippen LogP) is 3.13. The Morgan fingerprint density at radius 2 is 1.85 bits per heavy atom. The predicted molar refractivity (Wildman–Crippen MR) is 125 cm³/mol. The molecule has 0 bridgehead atoms. The van der Waals surface area contributed by atoms with E-state index in [1.54, 1.807) is 36.4 Å². The first-order chi connectivity index (χ1) is 16.4. The lowest BCUT2D eigenvalue weighted by molar-refractivity contribution is -0.131. The molecule has 1 saturated carbocycles. The van der Waals surface area contributed by atoms with Crippen molar-refractivity contribution in [1.82, 2.24) is 19.7 Å². The number of nitrogens with zero attached hydrogens (tertiary/aromatic N) is 3. The maximum absolute atomic E-state index is 15.2. The Labute approximate surface area is 195 Å². The lowest BCUT2D eigenvalue weighted by Crippen LogP contribution is -2.30. The summed E-state index contributed by atoms with van der Waals surface area (Å²) in [6.07, 6.45) is 3.29. The number of benzene rings is 2. The van der Waals surface area contributed by atoms with Gasteiger partial charge in [0.15, 0.2) is 0 Å². The van der Waals surface area contributed by atoms with E-state index in [1.807, 2.05) is 4.90 Å². The molecule has 8 nitrogen and oxygen atoms in total. The van der Waals surface area contributed by atoms with Crippen molar-refractivity contribution in [2.24, 2.45) is 11.8 Å². The van der Waals surface area contributed by atoms with E-state index in [1.165, 1.54) is 17.6 Å². The monoisotopic (exact) mass is 463 g/mol. The van der Waals surface area contributed by atoms with Crippen molar-refractivity contribution in [1.29, 1.82) is 0 Å². The second kappa shape index (κ2) is 8.89. The standard InChI is InChI=1S/C25H26FN5O3/c1-15(32)27-20-7-4-17(5-8-20)19-6-9-22(21(26)13-19)31-23(28-29-25(31)34)12-16-10-11-30(14-16)24(33)18-2-3-18/h4-9,13,16,18H,2-3,10-12,14H2,1H3,(H,27,32)(H,29,34)/t16-/m0/s1. The number of hydrogen-bond acceptors (Lipinski definition) is 4. The number of likely N-dealkylation sites (tertiary alicyclic amines) is 1. The van der Waals surface area contributed by atoms with Crippen LogP contribution >= 0.6 is 0 Å². The zero-order valence-electron chi connectivity index (χ0n) is 18.9. The Balaban J connectivity index is 1.34. The number of aromatic amines is 1. The van der Waals surface area contributed by atoms with Crippen LogP contribution in [0.2, 0.25) is 0 Å². The van der Waals surface area contributed by atoms with Gasteiger partial charge in [-0.3, -0.25) is 9.59 Å². The average molecular weight is 464 g/mol. The van der Waals surface area contributed by atoms with Crippen LogP contribution in [0.15, 0.2) is 47.3 Å². The molecule has 2 amide bonds. The average Bonchev–Trinajstić information content (AvgIpc) is 3.46. The van der Waals surface area contributed by atoms with Crippen molar-refractivity contribution in [2.75, 3.05) is 18.4 Å². The first kappa shape index (κ1) is 22.1. The van der Waals surface area contributed by atoms with E-state index in [-0.39, 0.29) is 29.3 Å². The molecule has 2 N–H and O–H groups in total. The number of carbonyl (C=O) groups excluding carboxylic acids is 2. The Hall–Kier alpha value is -3.75. The highest BCUT2D eigenvalue weighted by molar-refractivity contribution is 5.89. The van der Waals surface area contributed by atoms with Crippen LogP contribution < -0.4 is 11.0 Å². The van der Waals surface area contributed by atoms with Crippen molar-refractivity contribution in [3.63, 3.8) is 0 Å². The zero-order chi connectivity index (χ0) is 23.8. The number of halogens is 1. The normalized spacial score (nSPS) is 17.7. The van der Waals surface area contributed by atoms with E-state index in [4.69, 9.17) is 0 Å². The number of amides is 2. The SMILES string of the molecule is CC(=O)Nc1ccc(-c2ccc(-n3c(C[C@@H]4CCN(C(=O)C5CC5)C4)n[nH]c3=O)c(F)c2)cc1. The second-order valence-electron chi connectivity index (χ2n) is 9.12. The van der Waals surface area contributed by atoms with E-state index < -0.39 is 11.5 Å². The van der Waals surface area contributed by atoms with Crippen LogP contribution in [0.25, 0.3) is 16.8 Å². The fraction of sp³-hybridized carbons (Fsp3) is 0.360. The molecule has 1 atom stereocenters. The van der Waals surface area contributed by atoms with Crippen molar-refractivity contribution in [3.05, 3.63) is 64.6 Å². The third-order valence-corrected chi connectivity index (χ3v) is 6.46. The molecule has 0 radical (unpaired) electrons. The third kappa shape index (κ3) is 4.50. The van der Waals surface area contributed by atoms with Gasteiger partial charge in [0.25, 0.3) is 0 Å². The minimum absolute atomic E-state index is 0.135. The molecule has 9 heteroatoms. The summed E-state index contributed by atoms with van der Waals surface area (Å²) in [7, 11) is 0. The highest BCUT2D eigenvalue weighted by Crippen LogP contribution is 2.33. The first-order valence-corrected chi connectivity index (χ1v) is 11.5. The first-order valence-electron chi connectivity index (χ1n) is 11.5. The number of rotatable bonds is 6. The third-order valence-electron chi connectivity index (χ3n) is 6.46. The van der Waals surface area contributed by atoms with Gasteiger partial charge >= 0.3 is 5.69 Å². The van der Waals surface area contributed by atoms with E-state index in [9.17, 15) is 14.4 Å². The molecule has 1 saturated heterocycles. The number of anilines is 1. The Kier molecular flexibility index (Phi) is 5.77. The summed E-state index contributed by atoms with van der Waals surface area (Å²) < 4.78 is 16.5. The van der Waals surface area contributed by atoms with Crippen LogP contribution in [-0.4, -0.2) is 44.6 Å². The molecule has 3 aromatic rings. The van der Waals surface area contributed by atoms with Crippen LogP contribution in [0.4, 0.5) is 10.1 Å². The van der Waals surface area contributed by atoms with Gasteiger partial charge < -0.3 is 10.2 Å². The van der Waals surface area contributed by atoms with Crippen LogP contribution in [0, 0.1) is 17.7 Å². The minimum Gasteiger partial charge on any atom is -0.342 e. The van der Waals surface area contributed by atoms with Crippen molar-refractivity contribution < 1.29 is 14.0 Å². The summed E-state index contributed by atoms with van der Waals surface area (Å²) in [5.74, 6) is 0.364. The van der Waals surface area contributed by atoms with Gasteiger partial charge in [-0.2, -0.15) is 5.10 Å². The molecule has 1 aromatic heterocycles. The summed E-state index contributed by atoms with van der Waals surface area (Å²) in [5.41, 5.74) is 1.73. The molecule has 176 valence electrons. The Morgan fingerprint density at radius 3 is 2.53 bits per heavy atom. The van der Waals surface area contributed by atoms with Crippen LogP contribution in [0.3, 0.4) is 0 Å². The maximum Gasteiger partial charge on any atom is 0.348 e. The molecule has 0 spiro atoms. The smallest absolute Gasteiger partial charge is 0.342 e. The molecule has 2 aliphatic rings. The van der Waals surface area contributed by atoms with E-state index in [0.717, 1.165) is 31.4 Å². The van der Waals surface area contributed by atoms with Crippen molar-refractivity contribution >= 4 is 17.5 Å². The number of aromatic nitrogens is 3. The van der Waals surface area contributed by atoms with Gasteiger partial charge in [0.2, 0.25) is 11.8 Å². The van der Waals surface area contributed by atoms with E-state index in [2.05, 4.69) is 15.5 Å². The summed E-state index contributed by atoms with van der Waals surface area (Å²) in [5, 5.41) is 9.29. The Morgan fingerprint density at radius 1 is 1.12 bits per heavy atom. The molecule has 1 aliphatic heterocycles. The van der Waals surface area contributed by atoms with Gasteiger partial charge in [0.05, 0.1) is 5.69 Å². The van der Waals surface area contributed by atoms with Crippen LogP contribution in [0.1, 0.15) is 32.0 Å². The van der Waals surface area contributed by atoms with Gasteiger partial charge in [-0.25, -0.2) is 18.9 Å². The fourth-order valence-electron chi connectivity index (χ4n) is 4.58. The molecule has 1 aliphatic carbocycles. The summed E-state index contributed by atoms with van der Waals surface area (Å²) >= 11 is 0. The minimum atomic E-state index is -0.537. The van der Waals surface area contributed by atoms with E-state index in [0.29, 0.717) is 30.0 Å². The van der Waals surface area contributed by atoms with Crippen LogP contribution in [-0.2, 0) is 16.0 Å². The van der Waals surface area contributed by atoms with Gasteiger partial charge in [-0.15, -0.1) is 0 Å². The Bertz CT molecular complexity index is 1290. The highest BCUT2D eigenvalue weighted by Gasteiger charge is 2.37.